The van der Waals surface area contributed by atoms with Crippen LogP contribution in [-0.4, -0.2) is 36.2 Å². The lowest BCUT2D eigenvalue weighted by Gasteiger charge is -2.15. The molecule has 1 aliphatic carbocycles. The first kappa shape index (κ1) is 19.8. The number of rotatable bonds is 5. The summed E-state index contributed by atoms with van der Waals surface area (Å²) in [6, 6.07) is 7.50. The molecule has 30 heavy (non-hydrogen) atoms. The highest BCUT2D eigenvalue weighted by atomic mass is 19.1. The molecule has 0 bridgehead atoms. The summed E-state index contributed by atoms with van der Waals surface area (Å²) >= 11 is 0. The lowest BCUT2D eigenvalue weighted by Crippen LogP contribution is -2.33. The molecule has 2 aromatic rings. The summed E-state index contributed by atoms with van der Waals surface area (Å²) in [6.45, 7) is 1.51. The van der Waals surface area contributed by atoms with Gasteiger partial charge in [0.1, 0.15) is 17.7 Å². The summed E-state index contributed by atoms with van der Waals surface area (Å²) in [5, 5.41) is 11.8. The van der Waals surface area contributed by atoms with E-state index in [1.807, 2.05) is 0 Å². The third-order valence-electron chi connectivity index (χ3n) is 5.30. The number of nitriles is 1. The van der Waals surface area contributed by atoms with Crippen LogP contribution in [0.4, 0.5) is 19.3 Å². The largest absolute Gasteiger partial charge is 0.442 e. The van der Waals surface area contributed by atoms with Crippen molar-refractivity contribution in [3.05, 3.63) is 47.8 Å². The molecule has 1 aliphatic heterocycles. The molecule has 1 saturated heterocycles. The minimum Gasteiger partial charge on any atom is -0.442 e. The number of ether oxygens (including phenoxy) is 1. The Hall–Kier alpha value is -3.54. The molecule has 2 heterocycles. The Kier molecular flexibility index (Phi) is 4.86. The van der Waals surface area contributed by atoms with Crippen LogP contribution in [0.2, 0.25) is 0 Å². The number of hydrogen-bond acceptors (Lipinski definition) is 5. The van der Waals surface area contributed by atoms with Crippen molar-refractivity contribution in [3.63, 3.8) is 0 Å². The Bertz CT molecular complexity index is 1040. The number of amides is 2. The Balaban J connectivity index is 1.56. The molecule has 2 fully saturated rings. The molecule has 154 valence electrons. The number of hydrogen-bond donors (Lipinski definition) is 1. The standard InChI is InChI=1S/C21H18F2N4O3/c1-12(28)25-9-15-10-27(20(29)30-15)14-6-16(22)19(17(23)7-14)13-2-3-18(26-8-13)21(11-24)4-5-21/h2-3,6-8,15H,4-5,9-10H2,1H3,(H,25,28)/t15-/m0/s1. The van der Waals surface area contributed by atoms with E-state index in [0.717, 1.165) is 29.9 Å². The van der Waals surface area contributed by atoms with Crippen LogP contribution in [0, 0.1) is 23.0 Å². The van der Waals surface area contributed by atoms with Crippen LogP contribution < -0.4 is 10.2 Å². The van der Waals surface area contributed by atoms with Gasteiger partial charge in [-0.25, -0.2) is 13.6 Å². The highest BCUT2D eigenvalue weighted by Crippen LogP contribution is 2.46. The summed E-state index contributed by atoms with van der Waals surface area (Å²) in [6.07, 6.45) is 1.44. The zero-order chi connectivity index (χ0) is 21.5. The van der Waals surface area contributed by atoms with E-state index >= 15 is 0 Å². The normalized spacial score (nSPS) is 19.2. The monoisotopic (exact) mass is 412 g/mol. The van der Waals surface area contributed by atoms with E-state index in [4.69, 9.17) is 4.74 Å². The number of pyridine rings is 1. The lowest BCUT2D eigenvalue weighted by molar-refractivity contribution is -0.119. The molecule has 1 aromatic carbocycles. The highest BCUT2D eigenvalue weighted by molar-refractivity contribution is 5.90. The van der Waals surface area contributed by atoms with Gasteiger partial charge in [0.2, 0.25) is 5.91 Å². The molecule has 2 amide bonds. The SMILES string of the molecule is CC(=O)NC[C@H]1CN(c2cc(F)c(-c3ccc(C4(C#N)CC4)nc3)c(F)c2)C(=O)O1. The summed E-state index contributed by atoms with van der Waals surface area (Å²) in [7, 11) is 0. The van der Waals surface area contributed by atoms with Crippen molar-refractivity contribution in [3.8, 4) is 17.2 Å². The van der Waals surface area contributed by atoms with Crippen molar-refractivity contribution >= 4 is 17.7 Å². The maximum Gasteiger partial charge on any atom is 0.414 e. The van der Waals surface area contributed by atoms with Crippen LogP contribution >= 0.6 is 0 Å². The number of anilines is 1. The van der Waals surface area contributed by atoms with Gasteiger partial charge in [0.25, 0.3) is 0 Å². The smallest absolute Gasteiger partial charge is 0.414 e. The van der Waals surface area contributed by atoms with E-state index in [9.17, 15) is 23.6 Å². The molecule has 0 radical (unpaired) electrons. The second-order valence-corrected chi connectivity index (χ2v) is 7.46. The number of cyclic esters (lactones) is 1. The van der Waals surface area contributed by atoms with Gasteiger partial charge in [-0.2, -0.15) is 5.26 Å². The van der Waals surface area contributed by atoms with Gasteiger partial charge >= 0.3 is 6.09 Å². The van der Waals surface area contributed by atoms with Crippen LogP contribution in [0.3, 0.4) is 0 Å². The average Bonchev–Trinajstić information content (AvgIpc) is 3.42. The van der Waals surface area contributed by atoms with E-state index in [1.54, 1.807) is 6.07 Å². The van der Waals surface area contributed by atoms with Gasteiger partial charge in [-0.15, -0.1) is 0 Å². The molecule has 1 atom stereocenters. The van der Waals surface area contributed by atoms with Gasteiger partial charge in [0, 0.05) is 18.7 Å². The maximum absolute atomic E-state index is 14.8. The van der Waals surface area contributed by atoms with Crippen LogP contribution in [0.5, 0.6) is 0 Å². The van der Waals surface area contributed by atoms with Crippen molar-refractivity contribution in [2.24, 2.45) is 0 Å². The number of aromatic nitrogens is 1. The highest BCUT2D eigenvalue weighted by Gasteiger charge is 2.46. The number of carbonyl (C=O) groups is 2. The Morgan fingerprint density at radius 3 is 2.60 bits per heavy atom. The third-order valence-corrected chi connectivity index (χ3v) is 5.30. The van der Waals surface area contributed by atoms with Gasteiger partial charge in [-0.05, 0) is 31.0 Å². The molecule has 2 aliphatic rings. The summed E-state index contributed by atoms with van der Waals surface area (Å²) in [5.74, 6) is -1.97. The molecule has 0 unspecified atom stereocenters. The number of carbonyl (C=O) groups excluding carboxylic acids is 2. The van der Waals surface area contributed by atoms with E-state index in [1.165, 1.54) is 19.2 Å². The fourth-order valence-electron chi connectivity index (χ4n) is 3.46. The first-order chi connectivity index (χ1) is 14.3. The predicted molar refractivity (Wildman–Crippen MR) is 102 cm³/mol. The molecular formula is C21H18F2N4O3. The van der Waals surface area contributed by atoms with Crippen LogP contribution in [0.25, 0.3) is 11.1 Å². The Morgan fingerprint density at radius 1 is 1.37 bits per heavy atom. The topological polar surface area (TPSA) is 95.3 Å². The molecule has 1 aromatic heterocycles. The van der Waals surface area contributed by atoms with Crippen molar-refractivity contribution < 1.29 is 23.1 Å². The van der Waals surface area contributed by atoms with Gasteiger partial charge in [0.05, 0.1) is 41.5 Å². The quantitative estimate of drug-likeness (QED) is 0.815. The predicted octanol–water partition coefficient (Wildman–Crippen LogP) is 3.04. The zero-order valence-electron chi connectivity index (χ0n) is 16.1. The summed E-state index contributed by atoms with van der Waals surface area (Å²) < 4.78 is 34.7. The van der Waals surface area contributed by atoms with E-state index in [2.05, 4.69) is 16.4 Å². The van der Waals surface area contributed by atoms with Gasteiger partial charge < -0.3 is 10.1 Å². The molecule has 0 spiro atoms. The lowest BCUT2D eigenvalue weighted by atomic mass is 10.0. The number of benzene rings is 1. The van der Waals surface area contributed by atoms with Crippen LogP contribution in [-0.2, 0) is 14.9 Å². The van der Waals surface area contributed by atoms with E-state index in [-0.39, 0.29) is 35.8 Å². The second kappa shape index (κ2) is 7.37. The van der Waals surface area contributed by atoms with E-state index < -0.39 is 29.2 Å². The number of halogens is 2. The van der Waals surface area contributed by atoms with Crippen LogP contribution in [0.1, 0.15) is 25.5 Å². The molecular weight excluding hydrogens is 394 g/mol. The number of nitrogens with one attached hydrogen (secondary N) is 1. The van der Waals surface area contributed by atoms with Crippen molar-refractivity contribution in [2.45, 2.75) is 31.3 Å². The van der Waals surface area contributed by atoms with Crippen LogP contribution in [0.15, 0.2) is 30.5 Å². The van der Waals surface area contributed by atoms with Crippen molar-refractivity contribution in [2.75, 3.05) is 18.0 Å². The fourth-order valence-corrected chi connectivity index (χ4v) is 3.46. The first-order valence-corrected chi connectivity index (χ1v) is 9.43. The van der Waals surface area contributed by atoms with Crippen molar-refractivity contribution in [1.29, 1.82) is 5.26 Å². The average molecular weight is 412 g/mol. The molecule has 9 heteroatoms. The maximum atomic E-state index is 14.8. The Labute approximate surface area is 171 Å². The molecule has 1 saturated carbocycles. The van der Waals surface area contributed by atoms with Gasteiger partial charge in [-0.3, -0.25) is 14.7 Å². The first-order valence-electron chi connectivity index (χ1n) is 9.43. The Morgan fingerprint density at radius 2 is 2.07 bits per heavy atom. The van der Waals surface area contributed by atoms with Gasteiger partial charge in [0.15, 0.2) is 0 Å². The second-order valence-electron chi connectivity index (χ2n) is 7.46. The van der Waals surface area contributed by atoms with Crippen molar-refractivity contribution in [1.82, 2.24) is 10.3 Å². The number of nitrogens with zero attached hydrogens (tertiary/aromatic N) is 3. The van der Waals surface area contributed by atoms with Gasteiger partial charge in [-0.1, -0.05) is 6.07 Å². The minimum absolute atomic E-state index is 0.0232. The third kappa shape index (κ3) is 3.56. The molecule has 1 N–H and O–H groups in total. The molecule has 7 nitrogen and oxygen atoms in total. The molecule has 4 rings (SSSR count). The van der Waals surface area contributed by atoms with E-state index in [0.29, 0.717) is 5.69 Å². The summed E-state index contributed by atoms with van der Waals surface area (Å²) in [4.78, 5) is 28.4. The zero-order valence-corrected chi connectivity index (χ0v) is 16.1. The minimum atomic E-state index is -0.848. The summed E-state index contributed by atoms with van der Waals surface area (Å²) in [5.41, 5.74) is 0.0124. The fraction of sp³-hybridized carbons (Fsp3) is 0.333.